The first-order valence-corrected chi connectivity index (χ1v) is 4.93. The zero-order valence-electron chi connectivity index (χ0n) is 7.03. The van der Waals surface area contributed by atoms with Crippen molar-refractivity contribution in [3.63, 3.8) is 0 Å². The number of hydrogen-bond donors (Lipinski definition) is 0. The predicted molar refractivity (Wildman–Crippen MR) is 52.8 cm³/mol. The summed E-state index contributed by atoms with van der Waals surface area (Å²) in [7, 11) is 0. The molecule has 0 aliphatic rings. The van der Waals surface area contributed by atoms with Gasteiger partial charge in [0, 0.05) is 5.75 Å². The summed E-state index contributed by atoms with van der Waals surface area (Å²) in [6.45, 7) is 1.92. The maximum atomic E-state index is 8.54. The van der Waals surface area contributed by atoms with Crippen LogP contribution in [0.15, 0.2) is 30.3 Å². The van der Waals surface area contributed by atoms with Crippen molar-refractivity contribution in [2.75, 3.05) is 0 Å². The molecule has 0 spiro atoms. The Morgan fingerprint density at radius 2 is 2.08 bits per heavy atom. The van der Waals surface area contributed by atoms with Gasteiger partial charge in [0.2, 0.25) is 0 Å². The van der Waals surface area contributed by atoms with Gasteiger partial charge in [-0.05, 0) is 12.5 Å². The van der Waals surface area contributed by atoms with E-state index in [1.807, 2.05) is 25.1 Å². The lowest BCUT2D eigenvalue weighted by atomic mass is 10.2. The Bertz CT molecular complexity index is 263. The van der Waals surface area contributed by atoms with Crippen LogP contribution in [0.4, 0.5) is 0 Å². The summed E-state index contributed by atoms with van der Waals surface area (Å²) < 4.78 is 0. The highest BCUT2D eigenvalue weighted by Crippen LogP contribution is 2.16. The van der Waals surface area contributed by atoms with Crippen molar-refractivity contribution < 1.29 is 0 Å². The van der Waals surface area contributed by atoms with Crippen LogP contribution in [0.25, 0.3) is 0 Å². The molecule has 0 fully saturated rings. The fraction of sp³-hybridized carbons (Fsp3) is 0.300. The number of thioether (sulfide) groups is 1. The van der Waals surface area contributed by atoms with Crippen molar-refractivity contribution in [2.45, 2.75) is 17.9 Å². The molecule has 1 unspecified atom stereocenters. The summed E-state index contributed by atoms with van der Waals surface area (Å²) >= 11 is 1.67. The molecule has 62 valence electrons. The second-order valence-corrected chi connectivity index (χ2v) is 3.90. The number of nitriles is 1. The van der Waals surface area contributed by atoms with Crippen LogP contribution in [0.1, 0.15) is 12.5 Å². The molecule has 1 atom stereocenters. The van der Waals surface area contributed by atoms with Crippen LogP contribution in [-0.4, -0.2) is 5.25 Å². The molecular formula is C10H11NS. The third kappa shape index (κ3) is 2.98. The molecule has 0 radical (unpaired) electrons. The summed E-state index contributed by atoms with van der Waals surface area (Å²) in [6.07, 6.45) is 0. The molecular weight excluding hydrogens is 166 g/mol. The molecule has 0 bridgehead atoms. The molecule has 0 aromatic heterocycles. The Balaban J connectivity index is 2.40. The van der Waals surface area contributed by atoms with Gasteiger partial charge in [-0.25, -0.2) is 0 Å². The highest BCUT2D eigenvalue weighted by Gasteiger charge is 1.99. The van der Waals surface area contributed by atoms with Gasteiger partial charge in [-0.3, -0.25) is 0 Å². The Labute approximate surface area is 77.4 Å². The normalized spacial score (nSPS) is 12.0. The molecule has 1 rings (SSSR count). The minimum Gasteiger partial charge on any atom is -0.197 e. The van der Waals surface area contributed by atoms with E-state index in [2.05, 4.69) is 18.2 Å². The van der Waals surface area contributed by atoms with E-state index < -0.39 is 0 Å². The van der Waals surface area contributed by atoms with E-state index in [0.717, 1.165) is 5.75 Å². The van der Waals surface area contributed by atoms with Gasteiger partial charge in [-0.1, -0.05) is 30.3 Å². The van der Waals surface area contributed by atoms with Crippen molar-refractivity contribution in [3.05, 3.63) is 35.9 Å². The van der Waals surface area contributed by atoms with Crippen LogP contribution < -0.4 is 0 Å². The zero-order valence-corrected chi connectivity index (χ0v) is 7.84. The Morgan fingerprint density at radius 3 is 2.67 bits per heavy atom. The summed E-state index contributed by atoms with van der Waals surface area (Å²) in [5.41, 5.74) is 1.28. The van der Waals surface area contributed by atoms with Crippen LogP contribution in [0.2, 0.25) is 0 Å². The molecule has 1 aromatic carbocycles. The standard InChI is InChI=1S/C10H11NS/c1-9(7-11)12-8-10-5-3-2-4-6-10/h2-6,9H,8H2,1H3. The second kappa shape index (κ2) is 4.84. The molecule has 0 saturated heterocycles. The van der Waals surface area contributed by atoms with Gasteiger partial charge in [-0.15, -0.1) is 11.8 Å². The molecule has 1 nitrogen and oxygen atoms in total. The summed E-state index contributed by atoms with van der Waals surface area (Å²) in [5.74, 6) is 0.926. The van der Waals surface area contributed by atoms with E-state index in [4.69, 9.17) is 5.26 Å². The van der Waals surface area contributed by atoms with E-state index in [1.54, 1.807) is 11.8 Å². The van der Waals surface area contributed by atoms with Crippen molar-refractivity contribution in [1.29, 1.82) is 5.26 Å². The lowest BCUT2D eigenvalue weighted by Gasteiger charge is -2.01. The molecule has 0 saturated carbocycles. The largest absolute Gasteiger partial charge is 0.197 e. The minimum atomic E-state index is 0.0882. The first-order valence-electron chi connectivity index (χ1n) is 3.88. The van der Waals surface area contributed by atoms with Crippen molar-refractivity contribution in [1.82, 2.24) is 0 Å². The second-order valence-electron chi connectivity index (χ2n) is 2.57. The fourth-order valence-electron chi connectivity index (χ4n) is 0.833. The van der Waals surface area contributed by atoms with E-state index >= 15 is 0 Å². The molecule has 0 aliphatic heterocycles. The van der Waals surface area contributed by atoms with E-state index in [-0.39, 0.29) is 5.25 Å². The third-order valence-electron chi connectivity index (χ3n) is 1.52. The molecule has 0 N–H and O–H groups in total. The van der Waals surface area contributed by atoms with Crippen LogP contribution in [-0.2, 0) is 5.75 Å². The Kier molecular flexibility index (Phi) is 3.69. The van der Waals surface area contributed by atoms with Gasteiger partial charge in [0.1, 0.15) is 0 Å². The van der Waals surface area contributed by atoms with Gasteiger partial charge < -0.3 is 0 Å². The van der Waals surface area contributed by atoms with Gasteiger partial charge in [0.05, 0.1) is 11.3 Å². The van der Waals surface area contributed by atoms with Crippen LogP contribution >= 0.6 is 11.8 Å². The predicted octanol–water partition coefficient (Wildman–Crippen LogP) is 2.83. The zero-order chi connectivity index (χ0) is 8.81. The van der Waals surface area contributed by atoms with E-state index in [1.165, 1.54) is 5.56 Å². The van der Waals surface area contributed by atoms with E-state index in [9.17, 15) is 0 Å². The van der Waals surface area contributed by atoms with Gasteiger partial charge >= 0.3 is 0 Å². The number of nitrogens with zero attached hydrogens (tertiary/aromatic N) is 1. The first-order chi connectivity index (χ1) is 5.83. The maximum Gasteiger partial charge on any atom is 0.0891 e. The number of benzene rings is 1. The van der Waals surface area contributed by atoms with Crippen LogP contribution in [0.3, 0.4) is 0 Å². The van der Waals surface area contributed by atoms with Crippen molar-refractivity contribution in [3.8, 4) is 6.07 Å². The van der Waals surface area contributed by atoms with Gasteiger partial charge in [0.25, 0.3) is 0 Å². The molecule has 1 aromatic rings. The SMILES string of the molecule is CC(C#N)SCc1ccccc1. The monoisotopic (exact) mass is 177 g/mol. The highest BCUT2D eigenvalue weighted by molar-refractivity contribution is 7.99. The van der Waals surface area contributed by atoms with Gasteiger partial charge in [-0.2, -0.15) is 5.26 Å². The molecule has 0 heterocycles. The lowest BCUT2D eigenvalue weighted by molar-refractivity contribution is 1.23. The molecule has 0 amide bonds. The minimum absolute atomic E-state index is 0.0882. The highest BCUT2D eigenvalue weighted by atomic mass is 32.2. The molecule has 2 heteroatoms. The number of rotatable bonds is 3. The van der Waals surface area contributed by atoms with Crippen molar-refractivity contribution in [2.24, 2.45) is 0 Å². The van der Waals surface area contributed by atoms with Crippen molar-refractivity contribution >= 4 is 11.8 Å². The average Bonchev–Trinajstić information content (AvgIpc) is 2.16. The smallest absolute Gasteiger partial charge is 0.0891 e. The summed E-state index contributed by atoms with van der Waals surface area (Å²) in [4.78, 5) is 0. The van der Waals surface area contributed by atoms with Crippen LogP contribution in [0, 0.1) is 11.3 Å². The number of hydrogen-bond acceptors (Lipinski definition) is 2. The Hall–Kier alpha value is -0.940. The average molecular weight is 177 g/mol. The van der Waals surface area contributed by atoms with Crippen LogP contribution in [0.5, 0.6) is 0 Å². The fourth-order valence-corrected chi connectivity index (χ4v) is 1.54. The summed E-state index contributed by atoms with van der Waals surface area (Å²) in [6, 6.07) is 12.4. The quantitative estimate of drug-likeness (QED) is 0.709. The first kappa shape index (κ1) is 9.15. The molecule has 0 aliphatic carbocycles. The summed E-state index contributed by atoms with van der Waals surface area (Å²) in [5, 5.41) is 8.63. The topological polar surface area (TPSA) is 23.8 Å². The maximum absolute atomic E-state index is 8.54. The Morgan fingerprint density at radius 1 is 1.42 bits per heavy atom. The molecule has 12 heavy (non-hydrogen) atoms. The van der Waals surface area contributed by atoms with E-state index in [0.29, 0.717) is 0 Å². The van der Waals surface area contributed by atoms with Gasteiger partial charge in [0.15, 0.2) is 0 Å². The lowest BCUT2D eigenvalue weighted by Crippen LogP contribution is -1.90. The third-order valence-corrected chi connectivity index (χ3v) is 2.63.